The van der Waals surface area contributed by atoms with Crippen molar-refractivity contribution in [3.05, 3.63) is 22.7 Å². The lowest BCUT2D eigenvalue weighted by atomic mass is 10.2. The predicted octanol–water partition coefficient (Wildman–Crippen LogP) is 3.72. The SMILES string of the molecule is CCC(CNC)Oc1ccc(OC(F)(F)F)c(Br)c1. The van der Waals surface area contributed by atoms with Gasteiger partial charge in [-0.1, -0.05) is 6.92 Å². The molecule has 1 rings (SSSR count). The molecule has 1 unspecified atom stereocenters. The summed E-state index contributed by atoms with van der Waals surface area (Å²) in [4.78, 5) is 0. The lowest BCUT2D eigenvalue weighted by Gasteiger charge is -2.18. The van der Waals surface area contributed by atoms with Gasteiger partial charge in [-0.15, -0.1) is 13.2 Å². The highest BCUT2D eigenvalue weighted by molar-refractivity contribution is 9.10. The molecule has 0 saturated carbocycles. The van der Waals surface area contributed by atoms with Crippen molar-refractivity contribution in [2.45, 2.75) is 25.8 Å². The first kappa shape index (κ1) is 16.1. The van der Waals surface area contributed by atoms with Crippen LogP contribution in [0.25, 0.3) is 0 Å². The fourth-order valence-electron chi connectivity index (χ4n) is 1.45. The highest BCUT2D eigenvalue weighted by atomic mass is 79.9. The molecule has 0 heterocycles. The minimum atomic E-state index is -4.71. The first-order chi connectivity index (χ1) is 8.85. The Morgan fingerprint density at radius 3 is 2.53 bits per heavy atom. The third-order valence-corrected chi connectivity index (χ3v) is 2.94. The van der Waals surface area contributed by atoms with Crippen molar-refractivity contribution in [1.82, 2.24) is 5.32 Å². The van der Waals surface area contributed by atoms with E-state index in [-0.39, 0.29) is 16.3 Å². The van der Waals surface area contributed by atoms with Crippen molar-refractivity contribution >= 4 is 15.9 Å². The van der Waals surface area contributed by atoms with E-state index in [1.54, 1.807) is 0 Å². The molecule has 0 aliphatic carbocycles. The second-order valence-electron chi connectivity index (χ2n) is 3.85. The van der Waals surface area contributed by atoms with E-state index in [9.17, 15) is 13.2 Å². The number of hydrogen-bond acceptors (Lipinski definition) is 3. The average molecular weight is 342 g/mol. The average Bonchev–Trinajstić information content (AvgIpc) is 2.30. The maximum atomic E-state index is 12.1. The maximum absolute atomic E-state index is 12.1. The van der Waals surface area contributed by atoms with Crippen LogP contribution in [0.2, 0.25) is 0 Å². The lowest BCUT2D eigenvalue weighted by molar-refractivity contribution is -0.274. The fourth-order valence-corrected chi connectivity index (χ4v) is 1.89. The predicted molar refractivity (Wildman–Crippen MR) is 69.5 cm³/mol. The van der Waals surface area contributed by atoms with Gasteiger partial charge in [-0.3, -0.25) is 0 Å². The molecule has 1 N–H and O–H groups in total. The van der Waals surface area contributed by atoms with Gasteiger partial charge in [0.1, 0.15) is 17.6 Å². The highest BCUT2D eigenvalue weighted by Gasteiger charge is 2.32. The van der Waals surface area contributed by atoms with Gasteiger partial charge in [0.25, 0.3) is 0 Å². The Balaban J connectivity index is 2.76. The number of likely N-dealkylation sites (N-methyl/N-ethyl adjacent to an activating group) is 1. The smallest absolute Gasteiger partial charge is 0.489 e. The Hall–Kier alpha value is -0.950. The molecular weight excluding hydrogens is 327 g/mol. The van der Waals surface area contributed by atoms with Gasteiger partial charge in [0.2, 0.25) is 0 Å². The number of halogens is 4. The Morgan fingerprint density at radius 2 is 2.05 bits per heavy atom. The molecular formula is C12H15BrF3NO2. The van der Waals surface area contributed by atoms with Gasteiger partial charge in [-0.25, -0.2) is 0 Å². The van der Waals surface area contributed by atoms with Crippen LogP contribution in [0.4, 0.5) is 13.2 Å². The number of alkyl halides is 3. The molecule has 0 amide bonds. The lowest BCUT2D eigenvalue weighted by Crippen LogP contribution is -2.28. The molecule has 1 atom stereocenters. The van der Waals surface area contributed by atoms with Gasteiger partial charge in [-0.05, 0) is 47.6 Å². The molecule has 0 aromatic heterocycles. The molecule has 0 bridgehead atoms. The molecule has 19 heavy (non-hydrogen) atoms. The topological polar surface area (TPSA) is 30.5 Å². The van der Waals surface area contributed by atoms with Crippen LogP contribution in [0.15, 0.2) is 22.7 Å². The van der Waals surface area contributed by atoms with Crippen LogP contribution in [0.5, 0.6) is 11.5 Å². The molecule has 0 aliphatic rings. The number of rotatable bonds is 6. The van der Waals surface area contributed by atoms with Gasteiger partial charge in [0.05, 0.1) is 4.47 Å². The van der Waals surface area contributed by atoms with Gasteiger partial charge in [0.15, 0.2) is 0 Å². The van der Waals surface area contributed by atoms with Crippen LogP contribution in [-0.2, 0) is 0 Å². The van der Waals surface area contributed by atoms with Crippen molar-refractivity contribution in [2.75, 3.05) is 13.6 Å². The summed E-state index contributed by atoms with van der Waals surface area (Å²) in [6.45, 7) is 2.63. The molecule has 0 fully saturated rings. The molecule has 0 saturated heterocycles. The zero-order valence-corrected chi connectivity index (χ0v) is 12.1. The van der Waals surface area contributed by atoms with Crippen LogP contribution < -0.4 is 14.8 Å². The summed E-state index contributed by atoms with van der Waals surface area (Å²) >= 11 is 3.03. The highest BCUT2D eigenvalue weighted by Crippen LogP contribution is 2.33. The van der Waals surface area contributed by atoms with Crippen molar-refractivity contribution in [2.24, 2.45) is 0 Å². The first-order valence-corrected chi connectivity index (χ1v) is 6.51. The van der Waals surface area contributed by atoms with Crippen LogP contribution in [0, 0.1) is 0 Å². The van der Waals surface area contributed by atoms with Crippen LogP contribution in [-0.4, -0.2) is 26.1 Å². The molecule has 7 heteroatoms. The number of hydrogen-bond donors (Lipinski definition) is 1. The Morgan fingerprint density at radius 1 is 1.37 bits per heavy atom. The first-order valence-electron chi connectivity index (χ1n) is 5.72. The summed E-state index contributed by atoms with van der Waals surface area (Å²) in [6, 6.07) is 4.13. The molecule has 3 nitrogen and oxygen atoms in total. The fraction of sp³-hybridized carbons (Fsp3) is 0.500. The molecule has 0 spiro atoms. The Bertz CT molecular complexity index is 412. The minimum absolute atomic E-state index is 0.0358. The van der Waals surface area contributed by atoms with E-state index in [4.69, 9.17) is 4.74 Å². The van der Waals surface area contributed by atoms with E-state index in [2.05, 4.69) is 26.0 Å². The van der Waals surface area contributed by atoms with E-state index in [1.165, 1.54) is 18.2 Å². The third-order valence-electron chi connectivity index (χ3n) is 2.32. The largest absolute Gasteiger partial charge is 0.573 e. The quantitative estimate of drug-likeness (QED) is 0.855. The van der Waals surface area contributed by atoms with E-state index in [0.29, 0.717) is 12.3 Å². The van der Waals surface area contributed by atoms with E-state index < -0.39 is 6.36 Å². The van der Waals surface area contributed by atoms with E-state index in [0.717, 1.165) is 6.42 Å². The normalized spacial score (nSPS) is 13.2. The summed E-state index contributed by atoms with van der Waals surface area (Å²) in [5, 5.41) is 2.99. The van der Waals surface area contributed by atoms with Gasteiger partial charge in [0, 0.05) is 6.54 Å². The molecule has 0 aliphatic heterocycles. The number of nitrogens with one attached hydrogen (secondary N) is 1. The second-order valence-corrected chi connectivity index (χ2v) is 4.70. The summed E-state index contributed by atoms with van der Waals surface area (Å²) < 4.78 is 46.0. The molecule has 1 aromatic rings. The summed E-state index contributed by atoms with van der Waals surface area (Å²) in [5.41, 5.74) is 0. The monoisotopic (exact) mass is 341 g/mol. The molecule has 0 radical (unpaired) electrons. The third kappa shape index (κ3) is 5.69. The van der Waals surface area contributed by atoms with Crippen LogP contribution >= 0.6 is 15.9 Å². The molecule has 1 aromatic carbocycles. The number of benzene rings is 1. The standard InChI is InChI=1S/C12H15BrF3NO2/c1-3-8(7-17-2)18-9-4-5-11(10(13)6-9)19-12(14,15)16/h4-6,8,17H,3,7H2,1-2H3. The van der Waals surface area contributed by atoms with E-state index >= 15 is 0 Å². The van der Waals surface area contributed by atoms with Crippen molar-refractivity contribution in [3.63, 3.8) is 0 Å². The second kappa shape index (κ2) is 7.00. The minimum Gasteiger partial charge on any atom is -0.489 e. The maximum Gasteiger partial charge on any atom is 0.573 e. The van der Waals surface area contributed by atoms with Crippen molar-refractivity contribution in [3.8, 4) is 11.5 Å². The zero-order valence-electron chi connectivity index (χ0n) is 10.6. The summed E-state index contributed by atoms with van der Waals surface area (Å²) in [6.07, 6.45) is -3.95. The van der Waals surface area contributed by atoms with Crippen LogP contribution in [0.3, 0.4) is 0 Å². The zero-order chi connectivity index (χ0) is 14.5. The number of ether oxygens (including phenoxy) is 2. The van der Waals surface area contributed by atoms with Crippen LogP contribution in [0.1, 0.15) is 13.3 Å². The summed E-state index contributed by atoms with van der Waals surface area (Å²) in [7, 11) is 1.81. The van der Waals surface area contributed by atoms with Gasteiger partial charge >= 0.3 is 6.36 Å². The van der Waals surface area contributed by atoms with Crippen molar-refractivity contribution in [1.29, 1.82) is 0 Å². The Kier molecular flexibility index (Phi) is 5.93. The van der Waals surface area contributed by atoms with Crippen molar-refractivity contribution < 1.29 is 22.6 Å². The van der Waals surface area contributed by atoms with E-state index in [1.807, 2.05) is 14.0 Å². The molecule has 108 valence electrons. The summed E-state index contributed by atoms with van der Waals surface area (Å²) in [5.74, 6) is 0.199. The Labute approximate surface area is 118 Å². The van der Waals surface area contributed by atoms with Gasteiger partial charge in [-0.2, -0.15) is 0 Å². The van der Waals surface area contributed by atoms with Gasteiger partial charge < -0.3 is 14.8 Å².